The molecule has 5 heteroatoms. The summed E-state index contributed by atoms with van der Waals surface area (Å²) in [7, 11) is 0. The summed E-state index contributed by atoms with van der Waals surface area (Å²) in [4.78, 5) is 14.0. The first-order chi connectivity index (χ1) is 7.83. The third-order valence-electron chi connectivity index (χ3n) is 2.76. The molecule has 1 amide bonds. The number of rotatable bonds is 3. The van der Waals surface area contributed by atoms with Crippen LogP contribution in [0.3, 0.4) is 0 Å². The number of piperazine rings is 1. The number of amides is 1. The summed E-state index contributed by atoms with van der Waals surface area (Å²) >= 11 is 0. The summed E-state index contributed by atoms with van der Waals surface area (Å²) in [6.07, 6.45) is 3.26. The van der Waals surface area contributed by atoms with E-state index in [0.29, 0.717) is 11.3 Å². The SMILES string of the molecule is CCCc1oncc1C(=O)N1CCNCC1. The molecule has 1 saturated heterocycles. The molecule has 1 aliphatic rings. The average molecular weight is 223 g/mol. The maximum atomic E-state index is 12.2. The zero-order valence-corrected chi connectivity index (χ0v) is 9.53. The third kappa shape index (κ3) is 2.24. The summed E-state index contributed by atoms with van der Waals surface area (Å²) < 4.78 is 5.10. The van der Waals surface area contributed by atoms with Gasteiger partial charge in [-0.3, -0.25) is 4.79 Å². The van der Waals surface area contributed by atoms with E-state index in [-0.39, 0.29) is 5.91 Å². The summed E-state index contributed by atoms with van der Waals surface area (Å²) in [6.45, 7) is 5.30. The van der Waals surface area contributed by atoms with Gasteiger partial charge < -0.3 is 14.7 Å². The van der Waals surface area contributed by atoms with Crippen LogP contribution in [0.2, 0.25) is 0 Å². The van der Waals surface area contributed by atoms with E-state index < -0.39 is 0 Å². The highest BCUT2D eigenvalue weighted by atomic mass is 16.5. The lowest BCUT2D eigenvalue weighted by molar-refractivity contribution is 0.0733. The van der Waals surface area contributed by atoms with Crippen molar-refractivity contribution in [1.29, 1.82) is 0 Å². The smallest absolute Gasteiger partial charge is 0.259 e. The molecule has 88 valence electrons. The van der Waals surface area contributed by atoms with Gasteiger partial charge in [0.15, 0.2) is 0 Å². The van der Waals surface area contributed by atoms with Crippen LogP contribution in [0, 0.1) is 0 Å². The first-order valence-corrected chi connectivity index (χ1v) is 5.76. The van der Waals surface area contributed by atoms with Gasteiger partial charge in [-0.15, -0.1) is 0 Å². The zero-order chi connectivity index (χ0) is 11.4. The Morgan fingerprint density at radius 1 is 1.56 bits per heavy atom. The van der Waals surface area contributed by atoms with E-state index in [4.69, 9.17) is 4.52 Å². The molecule has 1 N–H and O–H groups in total. The molecule has 1 fully saturated rings. The van der Waals surface area contributed by atoms with Gasteiger partial charge in [-0.2, -0.15) is 0 Å². The van der Waals surface area contributed by atoms with E-state index in [1.165, 1.54) is 6.20 Å². The quantitative estimate of drug-likeness (QED) is 0.818. The molecule has 2 heterocycles. The number of carbonyl (C=O) groups is 1. The van der Waals surface area contributed by atoms with Crippen LogP contribution in [0.1, 0.15) is 29.5 Å². The van der Waals surface area contributed by atoms with Crippen LogP contribution in [-0.4, -0.2) is 42.1 Å². The van der Waals surface area contributed by atoms with E-state index in [9.17, 15) is 4.79 Å². The van der Waals surface area contributed by atoms with Crippen molar-refractivity contribution in [2.75, 3.05) is 26.2 Å². The number of aryl methyl sites for hydroxylation is 1. The second kappa shape index (κ2) is 5.12. The number of hydrogen-bond acceptors (Lipinski definition) is 4. The van der Waals surface area contributed by atoms with Crippen molar-refractivity contribution in [3.8, 4) is 0 Å². The molecule has 0 unspecified atom stereocenters. The highest BCUT2D eigenvalue weighted by molar-refractivity contribution is 5.94. The van der Waals surface area contributed by atoms with Crippen molar-refractivity contribution < 1.29 is 9.32 Å². The van der Waals surface area contributed by atoms with E-state index in [2.05, 4.69) is 17.4 Å². The first kappa shape index (κ1) is 11.1. The van der Waals surface area contributed by atoms with Gasteiger partial charge in [0.05, 0.1) is 6.20 Å². The Balaban J connectivity index is 2.09. The van der Waals surface area contributed by atoms with Gasteiger partial charge in [-0.25, -0.2) is 0 Å². The standard InChI is InChI=1S/C11H17N3O2/c1-2-3-10-9(8-13-16-10)11(15)14-6-4-12-5-7-14/h8,12H,2-7H2,1H3. The van der Waals surface area contributed by atoms with Gasteiger partial charge in [-0.05, 0) is 6.42 Å². The molecule has 0 radical (unpaired) electrons. The van der Waals surface area contributed by atoms with E-state index in [0.717, 1.165) is 39.0 Å². The predicted molar refractivity (Wildman–Crippen MR) is 59.3 cm³/mol. The summed E-state index contributed by atoms with van der Waals surface area (Å²) in [6, 6.07) is 0. The van der Waals surface area contributed by atoms with Crippen molar-refractivity contribution in [1.82, 2.24) is 15.4 Å². The highest BCUT2D eigenvalue weighted by Gasteiger charge is 2.22. The molecule has 1 aromatic heterocycles. The minimum Gasteiger partial charge on any atom is -0.361 e. The van der Waals surface area contributed by atoms with Crippen LogP contribution in [-0.2, 0) is 6.42 Å². The molecule has 0 bridgehead atoms. The number of hydrogen-bond donors (Lipinski definition) is 1. The number of aromatic nitrogens is 1. The van der Waals surface area contributed by atoms with E-state index in [1.807, 2.05) is 4.90 Å². The molecule has 0 aromatic carbocycles. The van der Waals surface area contributed by atoms with E-state index in [1.54, 1.807) is 0 Å². The first-order valence-electron chi connectivity index (χ1n) is 5.76. The fraction of sp³-hybridized carbons (Fsp3) is 0.636. The van der Waals surface area contributed by atoms with Gasteiger partial charge in [0.2, 0.25) is 0 Å². The normalized spacial score (nSPS) is 16.4. The van der Waals surface area contributed by atoms with Crippen LogP contribution < -0.4 is 5.32 Å². The van der Waals surface area contributed by atoms with Gasteiger partial charge in [-0.1, -0.05) is 12.1 Å². The Labute approximate surface area is 94.8 Å². The fourth-order valence-corrected chi connectivity index (χ4v) is 1.88. The minimum absolute atomic E-state index is 0.0474. The molecule has 16 heavy (non-hydrogen) atoms. The predicted octanol–water partition coefficient (Wildman–Crippen LogP) is 0.672. The largest absolute Gasteiger partial charge is 0.361 e. The van der Waals surface area contributed by atoms with Crippen molar-refractivity contribution in [3.05, 3.63) is 17.5 Å². The van der Waals surface area contributed by atoms with Crippen molar-refractivity contribution >= 4 is 5.91 Å². The lowest BCUT2D eigenvalue weighted by Crippen LogP contribution is -2.46. The summed E-state index contributed by atoms with van der Waals surface area (Å²) in [5, 5.41) is 6.94. The second-order valence-electron chi connectivity index (χ2n) is 3.95. The Morgan fingerprint density at radius 2 is 2.31 bits per heavy atom. The molecule has 0 aliphatic carbocycles. The molecule has 5 nitrogen and oxygen atoms in total. The van der Waals surface area contributed by atoms with Crippen molar-refractivity contribution in [3.63, 3.8) is 0 Å². The Kier molecular flexibility index (Phi) is 3.56. The molecule has 1 aromatic rings. The molecular weight excluding hydrogens is 206 g/mol. The monoisotopic (exact) mass is 223 g/mol. The fourth-order valence-electron chi connectivity index (χ4n) is 1.88. The minimum atomic E-state index is 0.0474. The Hall–Kier alpha value is -1.36. The molecule has 0 spiro atoms. The van der Waals surface area contributed by atoms with Gasteiger partial charge in [0.25, 0.3) is 5.91 Å². The van der Waals surface area contributed by atoms with Gasteiger partial charge >= 0.3 is 0 Å². The van der Waals surface area contributed by atoms with Crippen LogP contribution >= 0.6 is 0 Å². The third-order valence-corrected chi connectivity index (χ3v) is 2.76. The Morgan fingerprint density at radius 3 is 3.00 bits per heavy atom. The summed E-state index contributed by atoms with van der Waals surface area (Å²) in [5.74, 6) is 0.761. The van der Waals surface area contributed by atoms with Crippen LogP contribution in [0.4, 0.5) is 0 Å². The van der Waals surface area contributed by atoms with Crippen molar-refractivity contribution in [2.24, 2.45) is 0 Å². The van der Waals surface area contributed by atoms with E-state index >= 15 is 0 Å². The summed E-state index contributed by atoms with van der Waals surface area (Å²) in [5.41, 5.74) is 0.628. The maximum Gasteiger partial charge on any atom is 0.259 e. The van der Waals surface area contributed by atoms with Crippen LogP contribution in [0.15, 0.2) is 10.7 Å². The number of nitrogens with one attached hydrogen (secondary N) is 1. The van der Waals surface area contributed by atoms with Crippen molar-refractivity contribution in [2.45, 2.75) is 19.8 Å². The van der Waals surface area contributed by atoms with Gasteiger partial charge in [0.1, 0.15) is 11.3 Å². The lowest BCUT2D eigenvalue weighted by Gasteiger charge is -2.27. The molecule has 1 aliphatic heterocycles. The Bertz CT molecular complexity index is 356. The molecule has 2 rings (SSSR count). The molecule has 0 saturated carbocycles. The average Bonchev–Trinajstić information content (AvgIpc) is 2.78. The second-order valence-corrected chi connectivity index (χ2v) is 3.95. The molecular formula is C11H17N3O2. The molecule has 0 atom stereocenters. The maximum absolute atomic E-state index is 12.2. The number of carbonyl (C=O) groups excluding carboxylic acids is 1. The van der Waals surface area contributed by atoms with Crippen LogP contribution in [0.5, 0.6) is 0 Å². The van der Waals surface area contributed by atoms with Gasteiger partial charge in [0, 0.05) is 32.6 Å². The lowest BCUT2D eigenvalue weighted by atomic mass is 10.1. The highest BCUT2D eigenvalue weighted by Crippen LogP contribution is 2.13. The topological polar surface area (TPSA) is 58.4 Å². The number of nitrogens with zero attached hydrogens (tertiary/aromatic N) is 2. The zero-order valence-electron chi connectivity index (χ0n) is 9.53. The van der Waals surface area contributed by atoms with Crippen LogP contribution in [0.25, 0.3) is 0 Å².